The molecule has 2 atom stereocenters. The van der Waals surface area contributed by atoms with Crippen molar-refractivity contribution < 1.29 is 9.53 Å². The zero-order valence-corrected chi connectivity index (χ0v) is 11.6. The summed E-state index contributed by atoms with van der Waals surface area (Å²) in [5, 5.41) is 5.86. The van der Waals surface area contributed by atoms with Gasteiger partial charge in [0.05, 0.1) is 6.61 Å². The predicted molar refractivity (Wildman–Crippen MR) is 72.2 cm³/mol. The van der Waals surface area contributed by atoms with Crippen molar-refractivity contribution in [2.45, 2.75) is 25.8 Å². The summed E-state index contributed by atoms with van der Waals surface area (Å²) < 4.78 is 5.13. The number of amides is 1. The van der Waals surface area contributed by atoms with Gasteiger partial charge in [0.25, 0.3) is 5.91 Å². The Morgan fingerprint density at radius 2 is 2.26 bits per heavy atom. The molecule has 1 heterocycles. The van der Waals surface area contributed by atoms with Gasteiger partial charge in [-0.3, -0.25) is 4.79 Å². The first-order chi connectivity index (χ1) is 9.13. The molecule has 0 radical (unpaired) electrons. The van der Waals surface area contributed by atoms with Crippen molar-refractivity contribution in [2.24, 2.45) is 5.92 Å². The molecule has 6 heteroatoms. The molecule has 0 spiro atoms. The molecule has 6 nitrogen and oxygen atoms in total. The number of hydrogen-bond donors (Lipinski definition) is 2. The van der Waals surface area contributed by atoms with E-state index in [1.807, 2.05) is 6.92 Å². The first-order valence-electron chi connectivity index (χ1n) is 6.47. The summed E-state index contributed by atoms with van der Waals surface area (Å²) in [6.07, 6.45) is 2.10. The zero-order chi connectivity index (χ0) is 13.8. The van der Waals surface area contributed by atoms with Gasteiger partial charge >= 0.3 is 0 Å². The van der Waals surface area contributed by atoms with Crippen LogP contribution < -0.4 is 10.6 Å². The molecule has 1 fully saturated rings. The lowest BCUT2D eigenvalue weighted by Crippen LogP contribution is -2.48. The highest BCUT2D eigenvalue weighted by atomic mass is 16.5. The van der Waals surface area contributed by atoms with Crippen LogP contribution in [0.3, 0.4) is 0 Å². The van der Waals surface area contributed by atoms with Crippen molar-refractivity contribution in [1.29, 1.82) is 0 Å². The molecule has 1 aromatic rings. The third-order valence-electron chi connectivity index (χ3n) is 3.43. The quantitative estimate of drug-likeness (QED) is 0.829. The fraction of sp³-hybridized carbons (Fsp3) is 0.615. The van der Waals surface area contributed by atoms with E-state index in [2.05, 4.69) is 20.6 Å². The molecule has 0 aliphatic heterocycles. The lowest BCUT2D eigenvalue weighted by molar-refractivity contribution is 0.0667. The largest absolute Gasteiger partial charge is 0.384 e. The number of rotatable bonds is 5. The molecule has 1 aliphatic carbocycles. The number of carbonyl (C=O) groups is 1. The van der Waals surface area contributed by atoms with E-state index in [0.717, 1.165) is 18.5 Å². The maximum Gasteiger partial charge on any atom is 0.270 e. The minimum Gasteiger partial charge on any atom is -0.384 e. The van der Waals surface area contributed by atoms with Crippen molar-refractivity contribution in [1.82, 2.24) is 15.3 Å². The van der Waals surface area contributed by atoms with Crippen molar-refractivity contribution >= 4 is 11.9 Å². The number of nitrogens with zero attached hydrogens (tertiary/aromatic N) is 2. The van der Waals surface area contributed by atoms with Crippen LogP contribution in [-0.4, -0.2) is 42.7 Å². The van der Waals surface area contributed by atoms with Gasteiger partial charge in [-0.25, -0.2) is 9.97 Å². The number of carbonyl (C=O) groups excluding carboxylic acids is 1. The Morgan fingerprint density at radius 3 is 2.84 bits per heavy atom. The molecule has 1 amide bonds. The fourth-order valence-corrected chi connectivity index (χ4v) is 2.21. The summed E-state index contributed by atoms with van der Waals surface area (Å²) in [7, 11) is 3.42. The molecule has 0 bridgehead atoms. The van der Waals surface area contributed by atoms with Crippen LogP contribution in [0.4, 0.5) is 5.95 Å². The highest BCUT2D eigenvalue weighted by Crippen LogP contribution is 2.27. The van der Waals surface area contributed by atoms with E-state index in [1.54, 1.807) is 20.2 Å². The summed E-state index contributed by atoms with van der Waals surface area (Å²) >= 11 is 0. The normalized spacial score (nSPS) is 21.6. The first-order valence-corrected chi connectivity index (χ1v) is 6.47. The Kier molecular flexibility index (Phi) is 4.31. The number of ether oxygens (including phenoxy) is 1. The van der Waals surface area contributed by atoms with Crippen LogP contribution in [0.15, 0.2) is 6.07 Å². The third kappa shape index (κ3) is 3.20. The molecule has 0 aromatic carbocycles. The number of nitrogens with one attached hydrogen (secondary N) is 2. The van der Waals surface area contributed by atoms with Crippen LogP contribution >= 0.6 is 0 Å². The van der Waals surface area contributed by atoms with E-state index < -0.39 is 0 Å². The first kappa shape index (κ1) is 13.7. The number of anilines is 1. The Morgan fingerprint density at radius 1 is 1.47 bits per heavy atom. The van der Waals surface area contributed by atoms with E-state index in [9.17, 15) is 4.79 Å². The molecular weight excluding hydrogens is 244 g/mol. The highest BCUT2D eigenvalue weighted by molar-refractivity contribution is 5.92. The van der Waals surface area contributed by atoms with Crippen LogP contribution in [0.1, 0.15) is 29.0 Å². The molecule has 2 N–H and O–H groups in total. The Bertz CT molecular complexity index is 464. The van der Waals surface area contributed by atoms with Crippen molar-refractivity contribution in [3.63, 3.8) is 0 Å². The van der Waals surface area contributed by atoms with Gasteiger partial charge < -0.3 is 15.4 Å². The summed E-state index contributed by atoms with van der Waals surface area (Å²) in [6, 6.07) is 1.89. The van der Waals surface area contributed by atoms with Gasteiger partial charge in [-0.1, -0.05) is 0 Å². The van der Waals surface area contributed by atoms with Gasteiger partial charge in [0.15, 0.2) is 0 Å². The lowest BCUT2D eigenvalue weighted by Gasteiger charge is -2.36. The average Bonchev–Trinajstić information content (AvgIpc) is 2.39. The highest BCUT2D eigenvalue weighted by Gasteiger charge is 2.32. The van der Waals surface area contributed by atoms with Crippen LogP contribution in [0.25, 0.3) is 0 Å². The SMILES string of the molecule is CNc1nc(C)cc(C(=O)N[C@@H]2CC[C@@H]2COC)n1. The number of aromatic nitrogens is 2. The monoisotopic (exact) mass is 264 g/mol. The summed E-state index contributed by atoms with van der Waals surface area (Å²) in [5.41, 5.74) is 1.17. The lowest BCUT2D eigenvalue weighted by atomic mass is 9.80. The molecular formula is C13H20N4O2. The summed E-state index contributed by atoms with van der Waals surface area (Å²) in [4.78, 5) is 20.5. The molecule has 1 saturated carbocycles. The van der Waals surface area contributed by atoms with E-state index in [-0.39, 0.29) is 11.9 Å². The molecule has 1 aromatic heterocycles. The van der Waals surface area contributed by atoms with Crippen molar-refractivity contribution in [2.75, 3.05) is 26.1 Å². The predicted octanol–water partition coefficient (Wildman–Crippen LogP) is 0.982. The zero-order valence-electron chi connectivity index (χ0n) is 11.6. The van der Waals surface area contributed by atoms with E-state index in [1.165, 1.54) is 0 Å². The standard InChI is InChI=1S/C13H20N4O2/c1-8-6-11(17-13(14-2)15-8)12(18)16-10-5-4-9(10)7-19-3/h6,9-10H,4-5,7H2,1-3H3,(H,16,18)(H,14,15,17)/t9-,10-/m1/s1. The topological polar surface area (TPSA) is 76.1 Å². The number of methoxy groups -OCH3 is 1. The summed E-state index contributed by atoms with van der Waals surface area (Å²) in [5.74, 6) is 0.737. The van der Waals surface area contributed by atoms with Gasteiger partial charge in [-0.15, -0.1) is 0 Å². The molecule has 104 valence electrons. The molecule has 2 rings (SSSR count). The second-order valence-corrected chi connectivity index (χ2v) is 4.84. The molecule has 0 unspecified atom stereocenters. The minimum absolute atomic E-state index is 0.146. The van der Waals surface area contributed by atoms with Crippen LogP contribution in [0.2, 0.25) is 0 Å². The maximum absolute atomic E-state index is 12.1. The van der Waals surface area contributed by atoms with Gasteiger partial charge in [-0.05, 0) is 25.8 Å². The Balaban J connectivity index is 2.02. The van der Waals surface area contributed by atoms with E-state index in [4.69, 9.17) is 4.74 Å². The molecule has 0 saturated heterocycles. The second kappa shape index (κ2) is 5.97. The van der Waals surface area contributed by atoms with Crippen molar-refractivity contribution in [3.05, 3.63) is 17.5 Å². The van der Waals surface area contributed by atoms with Crippen LogP contribution in [0.5, 0.6) is 0 Å². The van der Waals surface area contributed by atoms with E-state index in [0.29, 0.717) is 24.2 Å². The molecule has 1 aliphatic rings. The van der Waals surface area contributed by atoms with E-state index >= 15 is 0 Å². The van der Waals surface area contributed by atoms with Crippen LogP contribution in [-0.2, 0) is 4.74 Å². The minimum atomic E-state index is -0.146. The number of aryl methyl sites for hydroxylation is 1. The average molecular weight is 264 g/mol. The van der Waals surface area contributed by atoms with Gasteiger partial charge in [-0.2, -0.15) is 0 Å². The fourth-order valence-electron chi connectivity index (χ4n) is 2.21. The Labute approximate surface area is 113 Å². The van der Waals surface area contributed by atoms with Crippen LogP contribution in [0, 0.1) is 12.8 Å². The van der Waals surface area contributed by atoms with Gasteiger partial charge in [0, 0.05) is 31.8 Å². The Hall–Kier alpha value is -1.69. The van der Waals surface area contributed by atoms with Gasteiger partial charge in [0.1, 0.15) is 5.69 Å². The maximum atomic E-state index is 12.1. The number of hydrogen-bond acceptors (Lipinski definition) is 5. The smallest absolute Gasteiger partial charge is 0.270 e. The summed E-state index contributed by atoms with van der Waals surface area (Å²) in [6.45, 7) is 2.53. The third-order valence-corrected chi connectivity index (χ3v) is 3.43. The molecule has 19 heavy (non-hydrogen) atoms. The van der Waals surface area contributed by atoms with Crippen molar-refractivity contribution in [3.8, 4) is 0 Å². The second-order valence-electron chi connectivity index (χ2n) is 4.84. The van der Waals surface area contributed by atoms with Gasteiger partial charge in [0.2, 0.25) is 5.95 Å².